The summed E-state index contributed by atoms with van der Waals surface area (Å²) in [7, 11) is 0. The van der Waals surface area contributed by atoms with E-state index in [-0.39, 0.29) is 0 Å². The number of rotatable bonds is 2. The third-order valence-corrected chi connectivity index (χ3v) is 5.33. The van der Waals surface area contributed by atoms with E-state index >= 15 is 0 Å². The highest BCUT2D eigenvalue weighted by Crippen LogP contribution is 2.38. The van der Waals surface area contributed by atoms with E-state index in [0.29, 0.717) is 5.92 Å². The number of nitrogens with zero attached hydrogens (tertiary/aromatic N) is 1. The van der Waals surface area contributed by atoms with Crippen LogP contribution in [0.2, 0.25) is 0 Å². The van der Waals surface area contributed by atoms with Crippen LogP contribution in [0.3, 0.4) is 0 Å². The van der Waals surface area contributed by atoms with Gasteiger partial charge in [0.2, 0.25) is 0 Å². The third kappa shape index (κ3) is 2.17. The maximum absolute atomic E-state index is 2.41. The molecular weight excluding hydrogens is 314 g/mol. The summed E-state index contributed by atoms with van der Waals surface area (Å²) >= 11 is 0. The first kappa shape index (κ1) is 15.2. The van der Waals surface area contributed by atoms with Gasteiger partial charge in [0.05, 0.1) is 11.0 Å². The molecule has 4 aromatic carbocycles. The van der Waals surface area contributed by atoms with Crippen molar-refractivity contribution in [3.8, 4) is 5.69 Å². The van der Waals surface area contributed by atoms with E-state index < -0.39 is 0 Å². The summed E-state index contributed by atoms with van der Waals surface area (Å²) in [5.74, 6) is 0.486. The second kappa shape index (κ2) is 5.74. The van der Waals surface area contributed by atoms with Gasteiger partial charge in [-0.1, -0.05) is 68.4 Å². The summed E-state index contributed by atoms with van der Waals surface area (Å²) in [6, 6.07) is 30.7. The van der Waals surface area contributed by atoms with Crippen LogP contribution >= 0.6 is 0 Å². The summed E-state index contributed by atoms with van der Waals surface area (Å²) in [6.45, 7) is 4.56. The predicted octanol–water partition coefficient (Wildman–Crippen LogP) is 7.06. The first-order valence-electron chi connectivity index (χ1n) is 9.25. The third-order valence-electron chi connectivity index (χ3n) is 5.33. The van der Waals surface area contributed by atoms with Crippen molar-refractivity contribution in [3.63, 3.8) is 0 Å². The Bertz CT molecular complexity index is 1240. The van der Waals surface area contributed by atoms with Gasteiger partial charge in [-0.15, -0.1) is 0 Å². The molecule has 0 aliphatic rings. The van der Waals surface area contributed by atoms with E-state index in [1.165, 1.54) is 43.8 Å². The fraction of sp³-hybridized carbons (Fsp3) is 0.120. The van der Waals surface area contributed by atoms with Crippen molar-refractivity contribution in [2.75, 3.05) is 0 Å². The van der Waals surface area contributed by atoms with Crippen LogP contribution in [-0.2, 0) is 0 Å². The lowest BCUT2D eigenvalue weighted by molar-refractivity contribution is 0.877. The van der Waals surface area contributed by atoms with Gasteiger partial charge in [0.1, 0.15) is 0 Å². The average Bonchev–Trinajstić information content (AvgIpc) is 3.00. The molecule has 0 saturated carbocycles. The largest absolute Gasteiger partial charge is 0.309 e. The van der Waals surface area contributed by atoms with Crippen molar-refractivity contribution < 1.29 is 0 Å². The van der Waals surface area contributed by atoms with E-state index in [9.17, 15) is 0 Å². The Morgan fingerprint density at radius 3 is 2.08 bits per heavy atom. The van der Waals surface area contributed by atoms with Crippen LogP contribution in [0.5, 0.6) is 0 Å². The van der Waals surface area contributed by atoms with Gasteiger partial charge in [-0.25, -0.2) is 0 Å². The number of para-hydroxylation sites is 1. The fourth-order valence-electron chi connectivity index (χ4n) is 4.12. The summed E-state index contributed by atoms with van der Waals surface area (Å²) in [6.07, 6.45) is 0. The van der Waals surface area contributed by atoms with E-state index in [1.54, 1.807) is 0 Å². The van der Waals surface area contributed by atoms with E-state index in [2.05, 4.69) is 103 Å². The van der Waals surface area contributed by atoms with Crippen LogP contribution in [0.25, 0.3) is 38.3 Å². The quantitative estimate of drug-likeness (QED) is 0.325. The zero-order valence-corrected chi connectivity index (χ0v) is 15.1. The molecule has 26 heavy (non-hydrogen) atoms. The number of aromatic nitrogens is 1. The second-order valence-electron chi connectivity index (χ2n) is 7.28. The van der Waals surface area contributed by atoms with Gasteiger partial charge in [0, 0.05) is 16.5 Å². The van der Waals surface area contributed by atoms with Crippen LogP contribution in [0, 0.1) is 0 Å². The topological polar surface area (TPSA) is 4.93 Å². The van der Waals surface area contributed by atoms with Gasteiger partial charge in [0.15, 0.2) is 0 Å². The first-order valence-corrected chi connectivity index (χ1v) is 9.25. The van der Waals surface area contributed by atoms with E-state index in [0.717, 1.165) is 0 Å². The van der Waals surface area contributed by atoms with Gasteiger partial charge >= 0.3 is 0 Å². The second-order valence-corrected chi connectivity index (χ2v) is 7.28. The van der Waals surface area contributed by atoms with E-state index in [4.69, 9.17) is 0 Å². The number of hydrogen-bond donors (Lipinski definition) is 0. The molecule has 0 aliphatic carbocycles. The Morgan fingerprint density at radius 2 is 1.35 bits per heavy atom. The van der Waals surface area contributed by atoms with Gasteiger partial charge in [-0.05, 0) is 52.6 Å². The number of benzene rings is 4. The molecule has 1 aromatic heterocycles. The lowest BCUT2D eigenvalue weighted by atomic mass is 9.96. The zero-order chi connectivity index (χ0) is 17.7. The highest BCUT2D eigenvalue weighted by molar-refractivity contribution is 6.15. The minimum Gasteiger partial charge on any atom is -0.309 e. The summed E-state index contributed by atoms with van der Waals surface area (Å²) in [5.41, 5.74) is 5.19. The molecule has 0 spiro atoms. The molecule has 0 fully saturated rings. The minimum absolute atomic E-state index is 0.486. The summed E-state index contributed by atoms with van der Waals surface area (Å²) in [4.78, 5) is 0. The van der Waals surface area contributed by atoms with Crippen molar-refractivity contribution in [2.24, 2.45) is 0 Å². The molecular formula is C25H21N. The number of hydrogen-bond acceptors (Lipinski definition) is 0. The molecule has 5 rings (SSSR count). The standard InChI is InChI=1S/C25H21N/c1-17(2)21-13-8-14-23-25(21)22-15-18-9-6-7-10-19(18)16-24(22)26(23)20-11-4-3-5-12-20/h3-17H,1-2H3. The molecule has 126 valence electrons. The molecule has 0 N–H and O–H groups in total. The summed E-state index contributed by atoms with van der Waals surface area (Å²) in [5, 5.41) is 5.30. The smallest absolute Gasteiger partial charge is 0.0547 e. The molecule has 1 heterocycles. The van der Waals surface area contributed by atoms with Crippen molar-refractivity contribution in [3.05, 3.63) is 90.5 Å². The molecule has 0 saturated heterocycles. The highest BCUT2D eigenvalue weighted by atomic mass is 15.0. The maximum atomic E-state index is 2.41. The average molecular weight is 335 g/mol. The molecule has 0 unspecified atom stereocenters. The molecule has 0 aliphatic heterocycles. The fourth-order valence-corrected chi connectivity index (χ4v) is 4.12. The Hall–Kier alpha value is -3.06. The Balaban J connectivity index is 2.04. The highest BCUT2D eigenvalue weighted by Gasteiger charge is 2.16. The first-order chi connectivity index (χ1) is 12.7. The van der Waals surface area contributed by atoms with Gasteiger partial charge < -0.3 is 4.57 Å². The molecule has 0 amide bonds. The van der Waals surface area contributed by atoms with Crippen LogP contribution in [0.4, 0.5) is 0 Å². The van der Waals surface area contributed by atoms with Crippen molar-refractivity contribution >= 4 is 32.6 Å². The monoisotopic (exact) mass is 335 g/mol. The van der Waals surface area contributed by atoms with E-state index in [1.807, 2.05) is 0 Å². The lowest BCUT2D eigenvalue weighted by Crippen LogP contribution is -1.94. The normalized spacial score (nSPS) is 11.8. The zero-order valence-electron chi connectivity index (χ0n) is 15.1. The Morgan fingerprint density at radius 1 is 0.654 bits per heavy atom. The maximum Gasteiger partial charge on any atom is 0.0547 e. The van der Waals surface area contributed by atoms with Gasteiger partial charge in [-0.2, -0.15) is 0 Å². The summed E-state index contributed by atoms with van der Waals surface area (Å²) < 4.78 is 2.41. The van der Waals surface area contributed by atoms with Crippen LogP contribution in [0.15, 0.2) is 84.9 Å². The molecule has 0 atom stereocenters. The molecule has 0 bridgehead atoms. The van der Waals surface area contributed by atoms with Crippen molar-refractivity contribution in [1.29, 1.82) is 0 Å². The van der Waals surface area contributed by atoms with Crippen LogP contribution < -0.4 is 0 Å². The molecule has 1 nitrogen and oxygen atoms in total. The predicted molar refractivity (Wildman–Crippen MR) is 112 cm³/mol. The SMILES string of the molecule is CC(C)c1cccc2c1c1cc3ccccc3cc1n2-c1ccccc1. The Kier molecular flexibility index (Phi) is 3.36. The van der Waals surface area contributed by atoms with Crippen molar-refractivity contribution in [2.45, 2.75) is 19.8 Å². The lowest BCUT2D eigenvalue weighted by Gasteiger charge is -2.10. The van der Waals surface area contributed by atoms with Crippen LogP contribution in [-0.4, -0.2) is 4.57 Å². The van der Waals surface area contributed by atoms with Crippen LogP contribution in [0.1, 0.15) is 25.3 Å². The molecule has 1 heteroatoms. The van der Waals surface area contributed by atoms with Crippen molar-refractivity contribution in [1.82, 2.24) is 4.57 Å². The van der Waals surface area contributed by atoms with Gasteiger partial charge in [0.25, 0.3) is 0 Å². The molecule has 5 aromatic rings. The number of fused-ring (bicyclic) bond motifs is 4. The minimum atomic E-state index is 0.486. The molecule has 0 radical (unpaired) electrons. The Labute approximate surface area is 153 Å². The van der Waals surface area contributed by atoms with Gasteiger partial charge in [-0.3, -0.25) is 0 Å².